The van der Waals surface area contributed by atoms with E-state index in [9.17, 15) is 15.2 Å². The van der Waals surface area contributed by atoms with Gasteiger partial charge in [0.2, 0.25) is 0 Å². The minimum absolute atomic E-state index is 0.0692. The number of hydrogen-bond donors (Lipinski definition) is 2. The number of nitro groups is 1. The zero-order chi connectivity index (χ0) is 13.9. The Balaban J connectivity index is 2.01. The molecule has 1 heterocycles. The van der Waals surface area contributed by atoms with Crippen LogP contribution in [0.3, 0.4) is 0 Å². The first kappa shape index (κ1) is 14.5. The average Bonchev–Trinajstić information content (AvgIpc) is 2.38. The minimum Gasteiger partial charge on any atom is -0.388 e. The maximum Gasteiger partial charge on any atom is 0.270 e. The maximum atomic E-state index is 10.6. The van der Waals surface area contributed by atoms with E-state index in [2.05, 4.69) is 5.32 Å². The topological polar surface area (TPSA) is 84.6 Å². The number of nitrogens with one attached hydrogen (secondary N) is 1. The van der Waals surface area contributed by atoms with Gasteiger partial charge in [-0.1, -0.05) is 0 Å². The van der Waals surface area contributed by atoms with Crippen molar-refractivity contribution in [2.24, 2.45) is 0 Å². The molecule has 1 fully saturated rings. The van der Waals surface area contributed by atoms with Gasteiger partial charge in [-0.2, -0.15) is 0 Å². The molecular weight excluding hydrogens is 363 g/mol. The lowest BCUT2D eigenvalue weighted by atomic mass is 9.94. The molecule has 1 aromatic rings. The molecule has 1 aromatic carbocycles. The molecule has 0 radical (unpaired) electrons. The Kier molecular flexibility index (Phi) is 4.58. The fourth-order valence-corrected chi connectivity index (χ4v) is 2.64. The molecule has 2 rings (SSSR count). The molecule has 0 atom stereocenters. The Labute approximate surface area is 124 Å². The number of nitro benzene ring substituents is 1. The molecule has 7 heteroatoms. The average molecular weight is 378 g/mol. The van der Waals surface area contributed by atoms with Crippen molar-refractivity contribution in [1.29, 1.82) is 0 Å². The van der Waals surface area contributed by atoms with Crippen LogP contribution in [-0.4, -0.2) is 35.4 Å². The lowest BCUT2D eigenvalue weighted by molar-refractivity contribution is -0.384. The fraction of sp³-hybridized carbons (Fsp3) is 0.500. The number of anilines is 1. The van der Waals surface area contributed by atoms with E-state index in [1.807, 2.05) is 22.6 Å². The predicted molar refractivity (Wildman–Crippen MR) is 79.3 cm³/mol. The van der Waals surface area contributed by atoms with Crippen LogP contribution in [-0.2, 0) is 4.74 Å². The molecule has 2 N–H and O–H groups in total. The van der Waals surface area contributed by atoms with Gasteiger partial charge in [0.25, 0.3) is 5.69 Å². The third-order valence-corrected chi connectivity index (χ3v) is 4.09. The molecule has 6 nitrogen and oxygen atoms in total. The largest absolute Gasteiger partial charge is 0.388 e. The van der Waals surface area contributed by atoms with Gasteiger partial charge < -0.3 is 15.2 Å². The summed E-state index contributed by atoms with van der Waals surface area (Å²) in [6, 6.07) is 4.64. The third kappa shape index (κ3) is 3.77. The van der Waals surface area contributed by atoms with Crippen LogP contribution in [0, 0.1) is 13.7 Å². The van der Waals surface area contributed by atoms with Gasteiger partial charge in [-0.25, -0.2) is 0 Å². The van der Waals surface area contributed by atoms with Crippen molar-refractivity contribution in [3.63, 3.8) is 0 Å². The van der Waals surface area contributed by atoms with E-state index in [0.717, 1.165) is 9.26 Å². The number of ether oxygens (including phenoxy) is 1. The maximum absolute atomic E-state index is 10.6. The molecule has 0 spiro atoms. The Morgan fingerprint density at radius 3 is 2.74 bits per heavy atom. The standard InChI is InChI=1S/C12H15IN2O4/c13-10-7-9(15(17)18)1-2-11(10)14-8-12(16)3-5-19-6-4-12/h1-2,7,14,16H,3-6,8H2. The summed E-state index contributed by atoms with van der Waals surface area (Å²) in [6.07, 6.45) is 1.20. The minimum atomic E-state index is -0.761. The van der Waals surface area contributed by atoms with Crippen molar-refractivity contribution in [3.05, 3.63) is 31.9 Å². The molecule has 0 unspecified atom stereocenters. The Morgan fingerprint density at radius 1 is 1.47 bits per heavy atom. The van der Waals surface area contributed by atoms with E-state index in [4.69, 9.17) is 4.74 Å². The quantitative estimate of drug-likeness (QED) is 0.477. The van der Waals surface area contributed by atoms with Crippen molar-refractivity contribution >= 4 is 34.0 Å². The number of non-ortho nitro benzene ring substituents is 1. The van der Waals surface area contributed by atoms with Gasteiger partial charge in [-0.05, 0) is 28.7 Å². The second-order valence-corrected chi connectivity index (χ2v) is 5.77. The van der Waals surface area contributed by atoms with Crippen molar-refractivity contribution in [2.75, 3.05) is 25.1 Å². The molecule has 1 saturated heterocycles. The molecule has 0 saturated carbocycles. The predicted octanol–water partition coefficient (Wildman–Crippen LogP) is 2.15. The monoisotopic (exact) mass is 378 g/mol. The van der Waals surface area contributed by atoms with E-state index >= 15 is 0 Å². The number of aliphatic hydroxyl groups is 1. The lowest BCUT2D eigenvalue weighted by Crippen LogP contribution is -2.42. The van der Waals surface area contributed by atoms with Gasteiger partial charge in [0.05, 0.1) is 10.5 Å². The highest BCUT2D eigenvalue weighted by Crippen LogP contribution is 2.26. The van der Waals surface area contributed by atoms with Crippen molar-refractivity contribution in [2.45, 2.75) is 18.4 Å². The second-order valence-electron chi connectivity index (χ2n) is 4.61. The van der Waals surface area contributed by atoms with Crippen LogP contribution in [0.15, 0.2) is 18.2 Å². The van der Waals surface area contributed by atoms with E-state index in [1.54, 1.807) is 6.07 Å². The van der Waals surface area contributed by atoms with Crippen LogP contribution in [0.1, 0.15) is 12.8 Å². The van der Waals surface area contributed by atoms with Crippen LogP contribution in [0.4, 0.5) is 11.4 Å². The molecule has 1 aliphatic heterocycles. The first-order valence-electron chi connectivity index (χ1n) is 5.98. The number of benzene rings is 1. The summed E-state index contributed by atoms with van der Waals surface area (Å²) in [5.41, 5.74) is 0.106. The summed E-state index contributed by atoms with van der Waals surface area (Å²) in [4.78, 5) is 10.2. The molecule has 104 valence electrons. The van der Waals surface area contributed by atoms with E-state index < -0.39 is 10.5 Å². The van der Waals surface area contributed by atoms with E-state index in [0.29, 0.717) is 32.6 Å². The first-order valence-corrected chi connectivity index (χ1v) is 7.06. The number of halogens is 1. The lowest BCUT2D eigenvalue weighted by Gasteiger charge is -2.32. The highest BCUT2D eigenvalue weighted by Gasteiger charge is 2.29. The van der Waals surface area contributed by atoms with Crippen LogP contribution in [0.5, 0.6) is 0 Å². The summed E-state index contributed by atoms with van der Waals surface area (Å²) in [5, 5.41) is 24.1. The van der Waals surface area contributed by atoms with Crippen LogP contribution in [0.2, 0.25) is 0 Å². The van der Waals surface area contributed by atoms with Crippen molar-refractivity contribution < 1.29 is 14.8 Å². The van der Waals surface area contributed by atoms with Gasteiger partial charge in [0.15, 0.2) is 0 Å². The van der Waals surface area contributed by atoms with E-state index in [-0.39, 0.29) is 5.69 Å². The SMILES string of the molecule is O=[N+]([O-])c1ccc(NCC2(O)CCOCC2)c(I)c1. The van der Waals surface area contributed by atoms with Crippen molar-refractivity contribution in [3.8, 4) is 0 Å². The summed E-state index contributed by atoms with van der Waals surface area (Å²) >= 11 is 2.05. The van der Waals surface area contributed by atoms with Crippen LogP contribution < -0.4 is 5.32 Å². The number of hydrogen-bond acceptors (Lipinski definition) is 5. The summed E-state index contributed by atoms with van der Waals surface area (Å²) in [7, 11) is 0. The molecule has 0 aliphatic carbocycles. The van der Waals surface area contributed by atoms with E-state index in [1.165, 1.54) is 12.1 Å². The fourth-order valence-electron chi connectivity index (χ4n) is 1.95. The zero-order valence-electron chi connectivity index (χ0n) is 10.3. The summed E-state index contributed by atoms with van der Waals surface area (Å²) in [6.45, 7) is 1.55. The van der Waals surface area contributed by atoms with Gasteiger partial charge in [0, 0.05) is 54.0 Å². The van der Waals surface area contributed by atoms with Gasteiger partial charge in [0.1, 0.15) is 0 Å². The Morgan fingerprint density at radius 2 is 2.16 bits per heavy atom. The molecule has 0 aromatic heterocycles. The first-order chi connectivity index (χ1) is 9.00. The van der Waals surface area contributed by atoms with Crippen LogP contribution in [0.25, 0.3) is 0 Å². The third-order valence-electron chi connectivity index (χ3n) is 3.19. The van der Waals surface area contributed by atoms with Crippen molar-refractivity contribution in [1.82, 2.24) is 0 Å². The highest BCUT2D eigenvalue weighted by atomic mass is 127. The second kappa shape index (κ2) is 6.02. The Hall–Kier alpha value is -0.930. The number of nitrogens with zero attached hydrogens (tertiary/aromatic N) is 1. The van der Waals surface area contributed by atoms with Crippen LogP contribution >= 0.6 is 22.6 Å². The normalized spacial score (nSPS) is 18.0. The van der Waals surface area contributed by atoms with Gasteiger partial charge in [-0.3, -0.25) is 10.1 Å². The summed E-state index contributed by atoms with van der Waals surface area (Å²) in [5.74, 6) is 0. The smallest absolute Gasteiger partial charge is 0.270 e. The van der Waals surface area contributed by atoms with Gasteiger partial charge >= 0.3 is 0 Å². The molecule has 0 bridgehead atoms. The Bertz CT molecular complexity index is 475. The van der Waals surface area contributed by atoms with Gasteiger partial charge in [-0.15, -0.1) is 0 Å². The summed E-state index contributed by atoms with van der Waals surface area (Å²) < 4.78 is 5.98. The number of rotatable bonds is 4. The zero-order valence-corrected chi connectivity index (χ0v) is 12.4. The molecular formula is C12H15IN2O4. The molecule has 19 heavy (non-hydrogen) atoms. The highest BCUT2D eigenvalue weighted by molar-refractivity contribution is 14.1. The molecule has 1 aliphatic rings. The molecule has 0 amide bonds.